The normalized spacial score (nSPS) is 19.2. The minimum absolute atomic E-state index is 0.0113. The van der Waals surface area contributed by atoms with Crippen LogP contribution < -0.4 is 20.3 Å². The zero-order chi connectivity index (χ0) is 28.1. The van der Waals surface area contributed by atoms with Crippen molar-refractivity contribution >= 4 is 28.2 Å². The van der Waals surface area contributed by atoms with Crippen LogP contribution in [0, 0.1) is 6.92 Å². The highest BCUT2D eigenvalue weighted by molar-refractivity contribution is 6.31. The van der Waals surface area contributed by atoms with Crippen molar-refractivity contribution in [1.82, 2.24) is 10.8 Å². The third-order valence-corrected chi connectivity index (χ3v) is 7.40. The van der Waals surface area contributed by atoms with Crippen molar-refractivity contribution in [2.75, 3.05) is 14.2 Å². The number of methoxy groups -OCH3 is 1. The van der Waals surface area contributed by atoms with Gasteiger partial charge in [-0.1, -0.05) is 36.4 Å². The van der Waals surface area contributed by atoms with E-state index in [2.05, 4.69) is 10.8 Å². The second-order valence-electron chi connectivity index (χ2n) is 9.68. The zero-order valence-electron chi connectivity index (χ0n) is 22.2. The van der Waals surface area contributed by atoms with E-state index in [1.54, 1.807) is 6.92 Å². The molecule has 2 aliphatic rings. The number of carbonyl (C=O) groups is 3. The number of Topliss-reactive ketones (excluding diaryl/α,β-unsaturated/α-hetero) is 1. The second-order valence-corrected chi connectivity index (χ2v) is 9.68. The number of hydroxylamine groups is 1. The number of hydrogen-bond acceptors (Lipinski definition) is 8. The molecule has 200 valence electrons. The van der Waals surface area contributed by atoms with Gasteiger partial charge in [0.15, 0.2) is 17.3 Å². The summed E-state index contributed by atoms with van der Waals surface area (Å²) in [6.07, 6.45) is 1.20. The number of fused-ring (bicyclic) bond motifs is 4. The van der Waals surface area contributed by atoms with Crippen molar-refractivity contribution in [3.8, 4) is 17.2 Å². The number of ketones is 2. The summed E-state index contributed by atoms with van der Waals surface area (Å²) in [6, 6.07) is 13.2. The molecule has 0 saturated heterocycles. The molecule has 0 fully saturated rings. The summed E-state index contributed by atoms with van der Waals surface area (Å²) in [6.45, 7) is 5.28. The van der Waals surface area contributed by atoms with Gasteiger partial charge in [-0.25, -0.2) is 0 Å². The number of phenolic OH excluding ortho intramolecular Hbond substituents is 1. The summed E-state index contributed by atoms with van der Waals surface area (Å²) in [4.78, 5) is 45.2. The van der Waals surface area contributed by atoms with Crippen molar-refractivity contribution in [3.63, 3.8) is 0 Å². The summed E-state index contributed by atoms with van der Waals surface area (Å²) in [7, 11) is 2.73. The van der Waals surface area contributed by atoms with E-state index in [9.17, 15) is 19.5 Å². The highest BCUT2D eigenvalue weighted by Gasteiger charge is 2.56. The molecule has 1 aliphatic heterocycles. The number of phenols is 1. The van der Waals surface area contributed by atoms with Crippen LogP contribution in [0.2, 0.25) is 0 Å². The number of allylic oxidation sites excluding steroid dienone is 4. The van der Waals surface area contributed by atoms with Crippen LogP contribution in [0.1, 0.15) is 40.9 Å². The number of aryl methyl sites for hydroxylation is 1. The van der Waals surface area contributed by atoms with Gasteiger partial charge in [-0.05, 0) is 42.7 Å². The van der Waals surface area contributed by atoms with Gasteiger partial charge in [-0.3, -0.25) is 24.7 Å². The van der Waals surface area contributed by atoms with E-state index >= 15 is 0 Å². The fraction of sp³-hybridized carbons (Fsp3) is 0.233. The maximum Gasteiger partial charge on any atom is 0.259 e. The number of ether oxygens (including phenoxy) is 2. The Morgan fingerprint density at radius 3 is 2.59 bits per heavy atom. The van der Waals surface area contributed by atoms with E-state index in [0.29, 0.717) is 0 Å². The molecule has 0 saturated carbocycles. The maximum absolute atomic E-state index is 13.7. The summed E-state index contributed by atoms with van der Waals surface area (Å²) >= 11 is 0. The lowest BCUT2D eigenvalue weighted by Gasteiger charge is -2.28. The fourth-order valence-electron chi connectivity index (χ4n) is 5.37. The molecular formula is C30H28N2O7. The molecule has 1 atom stereocenters. The van der Waals surface area contributed by atoms with E-state index in [-0.39, 0.29) is 51.9 Å². The Kier molecular flexibility index (Phi) is 6.40. The maximum atomic E-state index is 13.7. The smallest absolute Gasteiger partial charge is 0.259 e. The molecule has 9 nitrogen and oxygen atoms in total. The molecule has 3 N–H and O–H groups in total. The first-order chi connectivity index (χ1) is 18.6. The second kappa shape index (κ2) is 9.59. The predicted molar refractivity (Wildman–Crippen MR) is 143 cm³/mol. The van der Waals surface area contributed by atoms with Gasteiger partial charge in [0.1, 0.15) is 28.2 Å². The summed E-state index contributed by atoms with van der Waals surface area (Å²) in [5.41, 5.74) is 3.13. The molecule has 5 rings (SSSR count). The van der Waals surface area contributed by atoms with Crippen LogP contribution in [0.5, 0.6) is 17.2 Å². The number of carbonyl (C=O) groups excluding carboxylic acids is 3. The van der Waals surface area contributed by atoms with Gasteiger partial charge in [0.05, 0.1) is 25.4 Å². The van der Waals surface area contributed by atoms with Gasteiger partial charge in [0, 0.05) is 24.4 Å². The van der Waals surface area contributed by atoms with Crippen molar-refractivity contribution in [3.05, 3.63) is 87.8 Å². The van der Waals surface area contributed by atoms with Crippen molar-refractivity contribution in [1.29, 1.82) is 0 Å². The molecule has 39 heavy (non-hydrogen) atoms. The third kappa shape index (κ3) is 3.93. The van der Waals surface area contributed by atoms with Gasteiger partial charge in [0.25, 0.3) is 5.91 Å². The molecule has 9 heteroatoms. The Balaban J connectivity index is 1.59. The molecule has 0 radical (unpaired) electrons. The molecule has 3 aromatic rings. The van der Waals surface area contributed by atoms with Crippen LogP contribution in [0.4, 0.5) is 0 Å². The average molecular weight is 529 g/mol. The Bertz CT molecular complexity index is 1640. The van der Waals surface area contributed by atoms with Crippen molar-refractivity contribution in [2.45, 2.75) is 32.7 Å². The number of benzene rings is 3. The van der Waals surface area contributed by atoms with Crippen LogP contribution >= 0.6 is 0 Å². The van der Waals surface area contributed by atoms with Gasteiger partial charge in [-0.2, -0.15) is 0 Å². The number of amides is 1. The van der Waals surface area contributed by atoms with Gasteiger partial charge in [0.2, 0.25) is 0 Å². The first-order valence-electron chi connectivity index (χ1n) is 12.3. The molecular weight excluding hydrogens is 500 g/mol. The SMILES string of the molecule is CON/C(C)=C1\C(=O)C=C2Oc3c(C(=O)NCc4c(C)ccc5ccccc45)c(OC)cc(O)c3[C@]2(C)C1=O. The molecule has 0 spiro atoms. The molecule has 0 aromatic heterocycles. The van der Waals surface area contributed by atoms with Gasteiger partial charge in [-0.15, -0.1) is 0 Å². The molecule has 0 bridgehead atoms. The minimum atomic E-state index is -1.55. The monoisotopic (exact) mass is 528 g/mol. The first-order valence-corrected chi connectivity index (χ1v) is 12.3. The molecule has 0 unspecified atom stereocenters. The van der Waals surface area contributed by atoms with Crippen molar-refractivity contribution < 1.29 is 33.8 Å². The highest BCUT2D eigenvalue weighted by atomic mass is 16.6. The fourth-order valence-corrected chi connectivity index (χ4v) is 5.37. The quantitative estimate of drug-likeness (QED) is 0.250. The van der Waals surface area contributed by atoms with Crippen LogP contribution in [0.3, 0.4) is 0 Å². The summed E-state index contributed by atoms with van der Waals surface area (Å²) in [5.74, 6) is -1.95. The lowest BCUT2D eigenvalue weighted by atomic mass is 9.70. The number of hydrogen-bond donors (Lipinski definition) is 3. The molecule has 1 amide bonds. The van der Waals surface area contributed by atoms with Crippen LogP contribution in [0.15, 0.2) is 65.6 Å². The minimum Gasteiger partial charge on any atom is -0.507 e. The van der Waals surface area contributed by atoms with Gasteiger partial charge >= 0.3 is 0 Å². The van der Waals surface area contributed by atoms with E-state index in [1.165, 1.54) is 33.3 Å². The van der Waals surface area contributed by atoms with Crippen LogP contribution in [-0.2, 0) is 26.4 Å². The van der Waals surface area contributed by atoms with E-state index in [4.69, 9.17) is 14.3 Å². The first kappa shape index (κ1) is 26.0. The highest BCUT2D eigenvalue weighted by Crippen LogP contribution is 2.56. The zero-order valence-corrected chi connectivity index (χ0v) is 22.2. The summed E-state index contributed by atoms with van der Waals surface area (Å²) < 4.78 is 11.4. The lowest BCUT2D eigenvalue weighted by Crippen LogP contribution is -2.41. The van der Waals surface area contributed by atoms with E-state index in [1.807, 2.05) is 43.3 Å². The lowest BCUT2D eigenvalue weighted by molar-refractivity contribution is -0.123. The molecule has 1 aliphatic carbocycles. The predicted octanol–water partition coefficient (Wildman–Crippen LogP) is 3.90. The average Bonchev–Trinajstić information content (AvgIpc) is 3.21. The number of aromatic hydroxyl groups is 1. The topological polar surface area (TPSA) is 123 Å². The van der Waals surface area contributed by atoms with E-state index < -0.39 is 22.9 Å². The Morgan fingerprint density at radius 2 is 1.87 bits per heavy atom. The Morgan fingerprint density at radius 1 is 1.13 bits per heavy atom. The Labute approximate surface area is 225 Å². The number of rotatable bonds is 6. The molecule has 1 heterocycles. The van der Waals surface area contributed by atoms with Crippen LogP contribution in [-0.4, -0.2) is 36.8 Å². The largest absolute Gasteiger partial charge is 0.507 e. The molecule has 3 aromatic carbocycles. The van der Waals surface area contributed by atoms with Crippen molar-refractivity contribution in [2.24, 2.45) is 0 Å². The number of nitrogens with one attached hydrogen (secondary N) is 2. The van der Waals surface area contributed by atoms with Gasteiger partial charge < -0.3 is 19.9 Å². The Hall–Kier alpha value is -4.63. The summed E-state index contributed by atoms with van der Waals surface area (Å²) in [5, 5.41) is 16.0. The van der Waals surface area contributed by atoms with E-state index in [0.717, 1.165) is 21.9 Å². The third-order valence-electron chi connectivity index (χ3n) is 7.40. The van der Waals surface area contributed by atoms with Crippen LogP contribution in [0.25, 0.3) is 10.8 Å². The standard InChI is InChI=1S/C30H28N2O7/c1-15-10-11-17-8-6-7-9-18(17)19(15)14-31-29(36)25-22(37-4)12-21(34)26-27(25)39-23-13-20(33)24(16(2)32-38-5)28(35)30(23,26)3/h6-13,32,34H,14H2,1-5H3,(H,31,36)/b24-16+/t30-/m1/s1.